The molecule has 6 nitrogen and oxygen atoms in total. The van der Waals surface area contributed by atoms with Gasteiger partial charge in [-0.25, -0.2) is 4.98 Å². The lowest BCUT2D eigenvalue weighted by Crippen LogP contribution is -2.47. The third-order valence-corrected chi connectivity index (χ3v) is 6.33. The second kappa shape index (κ2) is 8.27. The Morgan fingerprint density at radius 1 is 1.36 bits per heavy atom. The number of rotatable bonds is 5. The van der Waals surface area contributed by atoms with Crippen molar-refractivity contribution in [2.45, 2.75) is 18.9 Å². The highest BCUT2D eigenvalue weighted by molar-refractivity contribution is 7.23. The Hall–Kier alpha value is -1.48. The largest absolute Gasteiger partial charge is 0.358 e. The van der Waals surface area contributed by atoms with Gasteiger partial charge in [0.15, 0.2) is 0 Å². The van der Waals surface area contributed by atoms with Crippen LogP contribution in [0.5, 0.6) is 0 Å². The highest BCUT2D eigenvalue weighted by Crippen LogP contribution is 2.32. The van der Waals surface area contributed by atoms with Gasteiger partial charge >= 0.3 is 0 Å². The zero-order valence-corrected chi connectivity index (χ0v) is 16.1. The van der Waals surface area contributed by atoms with E-state index in [0.29, 0.717) is 16.6 Å². The zero-order valence-electron chi connectivity index (χ0n) is 13.8. The van der Waals surface area contributed by atoms with Crippen LogP contribution < -0.4 is 10.6 Å². The predicted octanol–water partition coefficient (Wildman–Crippen LogP) is 2.47. The fourth-order valence-corrected chi connectivity index (χ4v) is 4.61. The number of halogens is 1. The molecule has 2 aromatic heterocycles. The van der Waals surface area contributed by atoms with Crippen LogP contribution in [0.4, 0.5) is 0 Å². The van der Waals surface area contributed by atoms with Gasteiger partial charge in [0.2, 0.25) is 5.91 Å². The second-order valence-corrected chi connectivity index (χ2v) is 8.41. The molecule has 1 fully saturated rings. The quantitative estimate of drug-likeness (QED) is 0.811. The van der Waals surface area contributed by atoms with Crippen molar-refractivity contribution in [2.75, 3.05) is 26.7 Å². The number of likely N-dealkylation sites (tertiary alicyclic amines) is 1. The van der Waals surface area contributed by atoms with Crippen molar-refractivity contribution >= 4 is 46.1 Å². The van der Waals surface area contributed by atoms with Gasteiger partial charge in [-0.3, -0.25) is 14.5 Å². The zero-order chi connectivity index (χ0) is 17.8. The van der Waals surface area contributed by atoms with Gasteiger partial charge in [-0.05, 0) is 25.0 Å². The molecule has 0 saturated carbocycles. The fourth-order valence-electron chi connectivity index (χ4n) is 2.70. The summed E-state index contributed by atoms with van der Waals surface area (Å²) in [7, 11) is 1.64. The molecule has 2 N–H and O–H groups in total. The van der Waals surface area contributed by atoms with E-state index in [0.717, 1.165) is 35.8 Å². The molecular formula is C16H19ClN4O2S2. The summed E-state index contributed by atoms with van der Waals surface area (Å²) >= 11 is 8.84. The Kier molecular flexibility index (Phi) is 6.06. The normalized spacial score (nSPS) is 15.9. The van der Waals surface area contributed by atoms with Crippen LogP contribution in [0, 0.1) is 0 Å². The molecule has 0 unspecified atom stereocenters. The number of carbonyl (C=O) groups excluding carboxylic acids is 2. The van der Waals surface area contributed by atoms with Crippen LogP contribution in [-0.4, -0.2) is 54.4 Å². The van der Waals surface area contributed by atoms with Gasteiger partial charge in [0.1, 0.15) is 10.7 Å². The maximum absolute atomic E-state index is 12.4. The summed E-state index contributed by atoms with van der Waals surface area (Å²) < 4.78 is 0.708. The molecule has 1 saturated heterocycles. The molecule has 0 spiro atoms. The molecule has 0 atom stereocenters. The van der Waals surface area contributed by atoms with Gasteiger partial charge in [0.25, 0.3) is 5.91 Å². The average Bonchev–Trinajstić information content (AvgIpc) is 3.25. The van der Waals surface area contributed by atoms with E-state index < -0.39 is 0 Å². The number of hydrogen-bond donors (Lipinski definition) is 2. The maximum atomic E-state index is 12.4. The highest BCUT2D eigenvalue weighted by atomic mass is 35.5. The molecule has 1 aliphatic rings. The Morgan fingerprint density at radius 2 is 2.12 bits per heavy atom. The van der Waals surface area contributed by atoms with Crippen LogP contribution in [0.3, 0.4) is 0 Å². The molecule has 3 rings (SSSR count). The lowest BCUT2D eigenvalue weighted by Gasteiger charge is -2.31. The standard InChI is InChI=1S/C16H19ClN4O2S2/c1-18-14(22)8-21-6-4-10(5-7-21)19-15(23)11-9-24-16(20-11)12-2-3-13(17)25-12/h2-3,9-10H,4-8H2,1H3,(H,18,22)(H,19,23). The molecule has 0 aromatic carbocycles. The van der Waals surface area contributed by atoms with Crippen molar-refractivity contribution in [3.8, 4) is 9.88 Å². The SMILES string of the molecule is CNC(=O)CN1CCC(NC(=O)c2csc(-c3ccc(Cl)s3)n2)CC1. The predicted molar refractivity (Wildman–Crippen MR) is 101 cm³/mol. The van der Waals surface area contributed by atoms with E-state index in [9.17, 15) is 9.59 Å². The Bertz CT molecular complexity index is 753. The number of likely N-dealkylation sites (N-methyl/N-ethyl adjacent to an activating group) is 1. The first-order valence-electron chi connectivity index (χ1n) is 8.00. The van der Waals surface area contributed by atoms with E-state index in [1.807, 2.05) is 12.1 Å². The van der Waals surface area contributed by atoms with Crippen LogP contribution in [0.15, 0.2) is 17.5 Å². The van der Waals surface area contributed by atoms with Crippen LogP contribution in [-0.2, 0) is 4.79 Å². The molecule has 0 bridgehead atoms. The molecule has 2 aromatic rings. The molecule has 1 aliphatic heterocycles. The average molecular weight is 399 g/mol. The molecule has 3 heterocycles. The van der Waals surface area contributed by atoms with Crippen molar-refractivity contribution in [2.24, 2.45) is 0 Å². The van der Waals surface area contributed by atoms with E-state index in [4.69, 9.17) is 11.6 Å². The van der Waals surface area contributed by atoms with Crippen molar-refractivity contribution in [3.63, 3.8) is 0 Å². The molecule has 25 heavy (non-hydrogen) atoms. The van der Waals surface area contributed by atoms with Gasteiger partial charge in [-0.1, -0.05) is 11.6 Å². The summed E-state index contributed by atoms with van der Waals surface area (Å²) in [5, 5.41) is 8.26. The number of aromatic nitrogens is 1. The lowest BCUT2D eigenvalue weighted by atomic mass is 10.0. The summed E-state index contributed by atoms with van der Waals surface area (Å²) in [4.78, 5) is 31.3. The molecule has 0 aliphatic carbocycles. The number of hydrogen-bond acceptors (Lipinski definition) is 6. The van der Waals surface area contributed by atoms with Crippen molar-refractivity contribution in [1.82, 2.24) is 20.5 Å². The van der Waals surface area contributed by atoms with Gasteiger partial charge in [0, 0.05) is 31.6 Å². The fraction of sp³-hybridized carbons (Fsp3) is 0.438. The van der Waals surface area contributed by atoms with E-state index in [1.54, 1.807) is 12.4 Å². The Morgan fingerprint density at radius 3 is 2.76 bits per heavy atom. The molecule has 9 heteroatoms. The third-order valence-electron chi connectivity index (χ3n) is 4.09. The Labute approximate surface area is 159 Å². The maximum Gasteiger partial charge on any atom is 0.270 e. The molecule has 2 amide bonds. The van der Waals surface area contributed by atoms with Gasteiger partial charge in [-0.15, -0.1) is 22.7 Å². The molecule has 0 radical (unpaired) electrons. The van der Waals surface area contributed by atoms with Crippen LogP contribution >= 0.6 is 34.3 Å². The topological polar surface area (TPSA) is 74.3 Å². The van der Waals surface area contributed by atoms with Crippen molar-refractivity contribution in [1.29, 1.82) is 0 Å². The van der Waals surface area contributed by atoms with E-state index in [-0.39, 0.29) is 17.9 Å². The molecular weight excluding hydrogens is 380 g/mol. The minimum Gasteiger partial charge on any atom is -0.358 e. The highest BCUT2D eigenvalue weighted by Gasteiger charge is 2.23. The first-order chi connectivity index (χ1) is 12.0. The second-order valence-electron chi connectivity index (χ2n) is 5.84. The third kappa shape index (κ3) is 4.78. The smallest absolute Gasteiger partial charge is 0.270 e. The number of amides is 2. The van der Waals surface area contributed by atoms with Crippen LogP contribution in [0.1, 0.15) is 23.3 Å². The summed E-state index contributed by atoms with van der Waals surface area (Å²) in [6, 6.07) is 3.86. The summed E-state index contributed by atoms with van der Waals surface area (Å²) in [5.74, 6) is -0.124. The molecule has 134 valence electrons. The van der Waals surface area contributed by atoms with Crippen LogP contribution in [0.2, 0.25) is 4.34 Å². The summed E-state index contributed by atoms with van der Waals surface area (Å²) in [6.45, 7) is 2.01. The number of carbonyl (C=O) groups is 2. The Balaban J connectivity index is 1.52. The number of thiophene rings is 1. The summed E-state index contributed by atoms with van der Waals surface area (Å²) in [5.41, 5.74) is 0.442. The van der Waals surface area contributed by atoms with Crippen molar-refractivity contribution < 1.29 is 9.59 Å². The van der Waals surface area contributed by atoms with Gasteiger partial charge in [0.05, 0.1) is 15.8 Å². The first kappa shape index (κ1) is 18.3. The summed E-state index contributed by atoms with van der Waals surface area (Å²) in [6.07, 6.45) is 1.67. The van der Waals surface area contributed by atoms with E-state index in [1.165, 1.54) is 22.7 Å². The number of nitrogens with zero attached hydrogens (tertiary/aromatic N) is 2. The lowest BCUT2D eigenvalue weighted by molar-refractivity contribution is -0.122. The minimum atomic E-state index is -0.144. The van der Waals surface area contributed by atoms with Crippen LogP contribution in [0.25, 0.3) is 9.88 Å². The van der Waals surface area contributed by atoms with E-state index >= 15 is 0 Å². The first-order valence-corrected chi connectivity index (χ1v) is 10.1. The number of piperidine rings is 1. The van der Waals surface area contributed by atoms with Gasteiger partial charge in [-0.2, -0.15) is 0 Å². The van der Waals surface area contributed by atoms with Crippen molar-refractivity contribution in [3.05, 3.63) is 27.5 Å². The van der Waals surface area contributed by atoms with E-state index in [2.05, 4.69) is 20.5 Å². The number of nitrogens with one attached hydrogen (secondary N) is 2. The van der Waals surface area contributed by atoms with Gasteiger partial charge < -0.3 is 10.6 Å². The number of thiazole rings is 1. The monoisotopic (exact) mass is 398 g/mol. The minimum absolute atomic E-state index is 0.0196.